The Balaban J connectivity index is 1.61. The zero-order chi connectivity index (χ0) is 20.7. The van der Waals surface area contributed by atoms with Crippen molar-refractivity contribution in [3.05, 3.63) is 41.5 Å². The Hall–Kier alpha value is -3.00. The number of likely N-dealkylation sites (N-methyl/N-ethyl adjacent to an activating group) is 2. The van der Waals surface area contributed by atoms with Crippen LogP contribution in [-0.4, -0.2) is 60.7 Å². The van der Waals surface area contributed by atoms with Gasteiger partial charge < -0.3 is 10.2 Å². The minimum atomic E-state index is -0.946. The average Bonchev–Trinajstić information content (AvgIpc) is 2.97. The number of piperidine rings is 1. The molecular formula is C21H24N4O4. The van der Waals surface area contributed by atoms with Crippen LogP contribution in [0.2, 0.25) is 0 Å². The molecule has 3 atom stereocenters. The quantitative estimate of drug-likeness (QED) is 0.578. The summed E-state index contributed by atoms with van der Waals surface area (Å²) in [6.45, 7) is 0. The van der Waals surface area contributed by atoms with E-state index in [1.165, 1.54) is 0 Å². The Morgan fingerprint density at radius 1 is 1.07 bits per heavy atom. The van der Waals surface area contributed by atoms with Crippen molar-refractivity contribution in [3.63, 3.8) is 0 Å². The third kappa shape index (κ3) is 3.23. The van der Waals surface area contributed by atoms with Gasteiger partial charge in [-0.3, -0.25) is 29.4 Å². The molecule has 2 N–H and O–H groups in total. The number of benzene rings is 1. The van der Waals surface area contributed by atoms with Crippen LogP contribution in [0.25, 0.3) is 0 Å². The first-order chi connectivity index (χ1) is 13.9. The van der Waals surface area contributed by atoms with Crippen LogP contribution in [0.15, 0.2) is 30.4 Å². The fraction of sp³-hybridized carbons (Fsp3) is 0.429. The summed E-state index contributed by atoms with van der Waals surface area (Å²) in [5, 5.41) is 5.55. The summed E-state index contributed by atoms with van der Waals surface area (Å²) in [5.74, 6) is -1.95. The fourth-order valence-corrected chi connectivity index (χ4v) is 4.41. The number of carbonyl (C=O) groups excluding carboxylic acids is 4. The van der Waals surface area contributed by atoms with Crippen molar-refractivity contribution in [1.82, 2.24) is 15.5 Å². The van der Waals surface area contributed by atoms with E-state index in [4.69, 9.17) is 0 Å². The van der Waals surface area contributed by atoms with Crippen molar-refractivity contribution in [1.29, 1.82) is 0 Å². The molecule has 3 aliphatic rings. The summed E-state index contributed by atoms with van der Waals surface area (Å²) in [5.41, 5.74) is 1.44. The number of rotatable bonds is 4. The van der Waals surface area contributed by atoms with E-state index in [0.717, 1.165) is 23.4 Å². The van der Waals surface area contributed by atoms with Gasteiger partial charge in [0.1, 0.15) is 6.04 Å². The summed E-state index contributed by atoms with van der Waals surface area (Å²) in [6, 6.07) is 4.78. The lowest BCUT2D eigenvalue weighted by Gasteiger charge is -2.37. The van der Waals surface area contributed by atoms with Gasteiger partial charge in [0.15, 0.2) is 0 Å². The van der Waals surface area contributed by atoms with Crippen molar-refractivity contribution in [2.45, 2.75) is 43.8 Å². The van der Waals surface area contributed by atoms with E-state index in [2.05, 4.69) is 27.7 Å². The van der Waals surface area contributed by atoms with Crippen molar-refractivity contribution < 1.29 is 19.2 Å². The minimum absolute atomic E-state index is 0.110. The number of fused-ring (bicyclic) bond motifs is 1. The topological polar surface area (TPSA) is 98.8 Å². The highest BCUT2D eigenvalue weighted by Crippen LogP contribution is 2.32. The first-order valence-corrected chi connectivity index (χ1v) is 9.83. The molecule has 1 aromatic rings. The molecule has 1 fully saturated rings. The lowest BCUT2D eigenvalue weighted by Crippen LogP contribution is -2.54. The number of carbonyl (C=O) groups is 4. The average molecular weight is 396 g/mol. The van der Waals surface area contributed by atoms with E-state index in [9.17, 15) is 19.2 Å². The molecule has 1 aromatic carbocycles. The maximum atomic E-state index is 13.0. The smallest absolute Gasteiger partial charge is 0.262 e. The minimum Gasteiger partial charge on any atom is -0.370 e. The number of anilines is 1. The SMILES string of the molecule is CN[C@H]1CC=CC[C@@H]1N(C)c1ccc2c(c1)C(=O)N(C1CCC(=O)NC1=O)C2=O. The van der Waals surface area contributed by atoms with Crippen LogP contribution in [0.5, 0.6) is 0 Å². The molecular weight excluding hydrogens is 372 g/mol. The Morgan fingerprint density at radius 2 is 1.79 bits per heavy atom. The van der Waals surface area contributed by atoms with Gasteiger partial charge in [-0.1, -0.05) is 12.2 Å². The van der Waals surface area contributed by atoms with Gasteiger partial charge in [-0.25, -0.2) is 0 Å². The van der Waals surface area contributed by atoms with Gasteiger partial charge >= 0.3 is 0 Å². The summed E-state index contributed by atoms with van der Waals surface area (Å²) in [7, 11) is 3.92. The molecule has 1 unspecified atom stereocenters. The maximum Gasteiger partial charge on any atom is 0.262 e. The summed E-state index contributed by atoms with van der Waals surface area (Å²) >= 11 is 0. The van der Waals surface area contributed by atoms with Gasteiger partial charge in [0.2, 0.25) is 11.8 Å². The molecule has 2 aliphatic heterocycles. The third-order valence-electron chi connectivity index (χ3n) is 6.10. The van der Waals surface area contributed by atoms with E-state index >= 15 is 0 Å². The first-order valence-electron chi connectivity index (χ1n) is 9.83. The van der Waals surface area contributed by atoms with Crippen molar-refractivity contribution in [2.24, 2.45) is 0 Å². The van der Waals surface area contributed by atoms with Gasteiger partial charge in [-0.2, -0.15) is 0 Å². The zero-order valence-electron chi connectivity index (χ0n) is 16.5. The van der Waals surface area contributed by atoms with Crippen LogP contribution in [0, 0.1) is 0 Å². The van der Waals surface area contributed by atoms with E-state index in [0.29, 0.717) is 11.1 Å². The van der Waals surface area contributed by atoms with Crippen molar-refractivity contribution >= 4 is 29.3 Å². The summed E-state index contributed by atoms with van der Waals surface area (Å²) in [6.07, 6.45) is 6.39. The van der Waals surface area contributed by atoms with Crippen LogP contribution in [-0.2, 0) is 9.59 Å². The molecule has 8 heteroatoms. The first kappa shape index (κ1) is 19.3. The molecule has 0 radical (unpaired) electrons. The van der Waals surface area contributed by atoms with Crippen LogP contribution < -0.4 is 15.5 Å². The van der Waals surface area contributed by atoms with Crippen LogP contribution in [0.3, 0.4) is 0 Å². The Labute approximate surface area is 168 Å². The molecule has 0 bridgehead atoms. The Kier molecular flexibility index (Phi) is 4.96. The number of amides is 4. The lowest BCUT2D eigenvalue weighted by molar-refractivity contribution is -0.136. The largest absolute Gasteiger partial charge is 0.370 e. The zero-order valence-corrected chi connectivity index (χ0v) is 16.5. The Bertz CT molecular complexity index is 925. The van der Waals surface area contributed by atoms with Crippen molar-refractivity contribution in [2.75, 3.05) is 19.0 Å². The highest BCUT2D eigenvalue weighted by molar-refractivity contribution is 6.23. The molecule has 2 heterocycles. The molecule has 8 nitrogen and oxygen atoms in total. The van der Waals surface area contributed by atoms with Crippen LogP contribution in [0.1, 0.15) is 46.4 Å². The number of hydrogen-bond donors (Lipinski definition) is 2. The second-order valence-electron chi connectivity index (χ2n) is 7.69. The predicted molar refractivity (Wildman–Crippen MR) is 107 cm³/mol. The van der Waals surface area contributed by atoms with Gasteiger partial charge in [0, 0.05) is 31.2 Å². The second kappa shape index (κ2) is 7.44. The van der Waals surface area contributed by atoms with E-state index in [1.54, 1.807) is 12.1 Å². The fourth-order valence-electron chi connectivity index (χ4n) is 4.41. The molecule has 0 saturated carbocycles. The molecule has 152 valence electrons. The number of imide groups is 2. The molecule has 1 saturated heterocycles. The highest BCUT2D eigenvalue weighted by atomic mass is 16.2. The molecule has 4 amide bonds. The molecule has 29 heavy (non-hydrogen) atoms. The van der Waals surface area contributed by atoms with Gasteiger partial charge in [-0.15, -0.1) is 0 Å². The highest BCUT2D eigenvalue weighted by Gasteiger charge is 2.44. The molecule has 4 rings (SSSR count). The molecule has 1 aliphatic carbocycles. The molecule has 0 spiro atoms. The monoisotopic (exact) mass is 396 g/mol. The van der Waals surface area contributed by atoms with Crippen LogP contribution >= 0.6 is 0 Å². The van der Waals surface area contributed by atoms with E-state index in [1.807, 2.05) is 20.2 Å². The standard InChI is InChI=1S/C21H24N4O4/c1-22-15-5-3-4-6-16(15)24(2)12-7-8-13-14(11-12)21(29)25(20(13)28)17-9-10-18(26)23-19(17)27/h3-4,7-8,11,15-17,22H,5-6,9-10H2,1-2H3,(H,23,26,27)/t15-,16-,17?/m0/s1. The predicted octanol–water partition coefficient (Wildman–Crippen LogP) is 0.831. The second-order valence-corrected chi connectivity index (χ2v) is 7.69. The summed E-state index contributed by atoms with van der Waals surface area (Å²) < 4.78 is 0. The normalized spacial score (nSPS) is 26.6. The Morgan fingerprint density at radius 3 is 2.52 bits per heavy atom. The third-order valence-corrected chi connectivity index (χ3v) is 6.10. The number of nitrogens with zero attached hydrogens (tertiary/aromatic N) is 2. The molecule has 0 aromatic heterocycles. The number of nitrogens with one attached hydrogen (secondary N) is 2. The van der Waals surface area contributed by atoms with Gasteiger partial charge in [-0.05, 0) is 44.5 Å². The summed E-state index contributed by atoms with van der Waals surface area (Å²) in [4.78, 5) is 52.5. The van der Waals surface area contributed by atoms with E-state index < -0.39 is 23.8 Å². The van der Waals surface area contributed by atoms with Gasteiger partial charge in [0.05, 0.1) is 11.1 Å². The van der Waals surface area contributed by atoms with E-state index in [-0.39, 0.29) is 30.8 Å². The maximum absolute atomic E-state index is 13.0. The van der Waals surface area contributed by atoms with Crippen LogP contribution in [0.4, 0.5) is 5.69 Å². The van der Waals surface area contributed by atoms with Crippen molar-refractivity contribution in [3.8, 4) is 0 Å². The lowest BCUT2D eigenvalue weighted by atomic mass is 9.94. The van der Waals surface area contributed by atoms with Gasteiger partial charge in [0.25, 0.3) is 11.8 Å². The number of hydrogen-bond acceptors (Lipinski definition) is 6.